The molecule has 0 spiro atoms. The summed E-state index contributed by atoms with van der Waals surface area (Å²) in [6.45, 7) is 41.2. The van der Waals surface area contributed by atoms with Crippen LogP contribution in [0.2, 0.25) is 0 Å². The van der Waals surface area contributed by atoms with E-state index in [9.17, 15) is 28.8 Å². The Morgan fingerprint density at radius 2 is 0.704 bits per heavy atom. The van der Waals surface area contributed by atoms with Crippen LogP contribution in [0, 0.1) is 23.3 Å². The summed E-state index contributed by atoms with van der Waals surface area (Å²) in [4.78, 5) is 91.5. The van der Waals surface area contributed by atoms with E-state index in [4.69, 9.17) is 48.8 Å². The normalized spacial score (nSPS) is 11.4. The number of hydrogen-bond donors (Lipinski definition) is 2. The summed E-state index contributed by atoms with van der Waals surface area (Å²) in [7, 11) is 0. The van der Waals surface area contributed by atoms with E-state index < -0.39 is 63.7 Å². The van der Waals surface area contributed by atoms with Crippen LogP contribution in [0.15, 0.2) is 193 Å². The molecule has 0 aliphatic rings. The fourth-order valence-electron chi connectivity index (χ4n) is 13.9. The van der Waals surface area contributed by atoms with Crippen LogP contribution in [0.25, 0.3) is 56.7 Å². The van der Waals surface area contributed by atoms with Gasteiger partial charge >= 0.3 is 23.9 Å². The van der Waals surface area contributed by atoms with Crippen LogP contribution < -0.4 is 24.7 Å². The number of halogens is 5. The lowest BCUT2D eigenvalue weighted by Gasteiger charge is -2.20. The molecule has 4 aromatic heterocycles. The number of carbonyl (C=O) groups is 6. The Balaban J connectivity index is 0.000000202. The number of aryl methyl sites for hydroxylation is 1. The second-order valence-electron chi connectivity index (χ2n) is 34.9. The summed E-state index contributed by atoms with van der Waals surface area (Å²) >= 11 is 3.26. The molecule has 12 aromatic rings. The number of hydrogen-bond acceptors (Lipinski definition) is 21. The van der Waals surface area contributed by atoms with Crippen LogP contribution in [-0.2, 0) is 58.1 Å². The van der Waals surface area contributed by atoms with E-state index in [1.165, 1.54) is 51.8 Å². The first kappa shape index (κ1) is 105. The Labute approximate surface area is 793 Å². The molecule has 712 valence electrons. The molecular formula is C105H117BrF4N10O15. The van der Waals surface area contributed by atoms with Gasteiger partial charge in [-0.2, -0.15) is 19.9 Å². The molecule has 0 bridgehead atoms. The van der Waals surface area contributed by atoms with Crippen molar-refractivity contribution in [3.63, 3.8) is 0 Å². The summed E-state index contributed by atoms with van der Waals surface area (Å²) in [5, 5.41) is 12.2. The minimum absolute atomic E-state index is 0.0494. The Morgan fingerprint density at radius 3 is 0.978 bits per heavy atom. The summed E-state index contributed by atoms with van der Waals surface area (Å²) < 4.78 is 113. The van der Waals surface area contributed by atoms with Crippen LogP contribution in [0.4, 0.5) is 17.6 Å². The second-order valence-corrected chi connectivity index (χ2v) is 35.6. The van der Waals surface area contributed by atoms with Crippen molar-refractivity contribution in [2.75, 3.05) is 26.4 Å². The van der Waals surface area contributed by atoms with Gasteiger partial charge in [0.25, 0.3) is 24.0 Å². The molecule has 0 aliphatic heterocycles. The van der Waals surface area contributed by atoms with Gasteiger partial charge in [0.2, 0.25) is 0 Å². The fraction of sp³-hybridized carbons (Fsp3) is 0.324. The topological polar surface area (TPSA) is 306 Å². The van der Waals surface area contributed by atoms with E-state index >= 15 is 17.6 Å². The third-order valence-corrected chi connectivity index (χ3v) is 20.5. The summed E-state index contributed by atoms with van der Waals surface area (Å²) in [6, 6.07) is 48.3. The molecule has 0 fully saturated rings. The number of carbonyl (C=O) groups excluding carboxylic acids is 6. The van der Waals surface area contributed by atoms with Crippen molar-refractivity contribution in [2.45, 2.75) is 199 Å². The molecule has 0 aliphatic carbocycles. The van der Waals surface area contributed by atoms with Crippen LogP contribution in [0.5, 0.6) is 24.0 Å². The van der Waals surface area contributed by atoms with Crippen molar-refractivity contribution in [1.82, 2.24) is 38.2 Å². The maximum atomic E-state index is 15.3. The van der Waals surface area contributed by atoms with Crippen LogP contribution in [0.3, 0.4) is 0 Å². The molecule has 0 saturated carbocycles. The van der Waals surface area contributed by atoms with E-state index in [1.54, 1.807) is 200 Å². The van der Waals surface area contributed by atoms with E-state index in [2.05, 4.69) is 54.2 Å². The maximum absolute atomic E-state index is 15.3. The molecule has 4 heterocycles. The van der Waals surface area contributed by atoms with Crippen molar-refractivity contribution >= 4 is 70.7 Å². The fourth-order valence-corrected chi connectivity index (χ4v) is 14.4. The van der Waals surface area contributed by atoms with E-state index in [0.29, 0.717) is 162 Å². The molecule has 12 rings (SSSR count). The van der Waals surface area contributed by atoms with E-state index in [0.717, 1.165) is 30.7 Å². The third kappa shape index (κ3) is 28.1. The monoisotopic (exact) mass is 1910 g/mol. The number of ether oxygens (including phenoxy) is 8. The number of imidazole rings is 4. The van der Waals surface area contributed by atoms with Gasteiger partial charge in [-0.3, -0.25) is 27.9 Å². The molecule has 30 heteroatoms. The van der Waals surface area contributed by atoms with Gasteiger partial charge in [0, 0.05) is 28.8 Å². The van der Waals surface area contributed by atoms with Gasteiger partial charge in [-0.15, -0.1) is 0 Å². The average Bonchev–Trinajstić information content (AvgIpc) is 1.77. The lowest BCUT2D eigenvalue weighted by atomic mass is 9.98. The van der Waals surface area contributed by atoms with Crippen molar-refractivity contribution < 1.29 is 89.4 Å². The highest BCUT2D eigenvalue weighted by Gasteiger charge is 2.30. The highest BCUT2D eigenvalue weighted by Crippen LogP contribution is 2.36. The lowest BCUT2D eigenvalue weighted by molar-refractivity contribution is 0.00578. The average molecular weight is 1920 g/mol. The number of rotatable bonds is 34. The molecule has 3 N–H and O–H groups in total. The van der Waals surface area contributed by atoms with E-state index in [1.807, 2.05) is 72.1 Å². The quantitative estimate of drug-likeness (QED) is 0.00720. The summed E-state index contributed by atoms with van der Waals surface area (Å²) in [5.41, 5.74) is 14.4. The summed E-state index contributed by atoms with van der Waals surface area (Å²) in [6.07, 6.45) is 8.50. The molecule has 0 saturated heterocycles. The number of nitrogens with two attached hydrogens (primary N) is 1. The van der Waals surface area contributed by atoms with Gasteiger partial charge in [-0.25, -0.2) is 36.7 Å². The third-order valence-electron chi connectivity index (χ3n) is 19.9. The summed E-state index contributed by atoms with van der Waals surface area (Å²) in [5.74, 6) is -3.68. The highest BCUT2D eigenvalue weighted by molar-refractivity contribution is 9.10. The Kier molecular flexibility index (Phi) is 37.0. The Hall–Kier alpha value is -13.9. The van der Waals surface area contributed by atoms with Crippen LogP contribution >= 0.6 is 15.9 Å². The SMILES string of the molecule is C=Cc1nc(OCCC)n(Cc2ccc(-c3ccccc3C(=O)OC(C)(C)C)cc2F)c1/C=N\O.C=Cc1nc(OCCC)n(Cc2ccc(-c3ccccc3C(=O)OC(C)(C)C)cc2F)c1C=O.CCCOc1nc(Br)c(C=O)n1Cc1ccc(-c2ccccc2C(=O)OC(C)(C)C)cc1F.CCOc1nc(CC)c(CN)n1Cc1ccc(-c2ccccc2C(=O)OC(C)(C)C)cc1F. The highest BCUT2D eigenvalue weighted by atomic mass is 79.9. The number of esters is 4. The van der Waals surface area contributed by atoms with Gasteiger partial charge in [-0.1, -0.05) is 167 Å². The predicted molar refractivity (Wildman–Crippen MR) is 517 cm³/mol. The molecule has 0 unspecified atom stereocenters. The zero-order valence-electron chi connectivity index (χ0n) is 79.3. The smallest absolute Gasteiger partial charge is 0.339 e. The number of oxime groups is 1. The van der Waals surface area contributed by atoms with Crippen molar-refractivity contribution in [2.24, 2.45) is 10.9 Å². The minimum Gasteiger partial charge on any atom is -0.465 e. The van der Waals surface area contributed by atoms with Gasteiger partial charge in [0.15, 0.2) is 12.6 Å². The van der Waals surface area contributed by atoms with E-state index in [-0.39, 0.29) is 68.0 Å². The van der Waals surface area contributed by atoms with Crippen LogP contribution in [0.1, 0.15) is 250 Å². The minimum atomic E-state index is -0.651. The number of nitrogens with zero attached hydrogens (tertiary/aromatic N) is 9. The molecular weight excluding hydrogens is 1800 g/mol. The lowest BCUT2D eigenvalue weighted by Crippen LogP contribution is -2.24. The Morgan fingerprint density at radius 1 is 0.415 bits per heavy atom. The first-order valence-electron chi connectivity index (χ1n) is 44.2. The second kappa shape index (κ2) is 47.7. The van der Waals surface area contributed by atoms with Gasteiger partial charge in [0.1, 0.15) is 61.7 Å². The molecule has 135 heavy (non-hydrogen) atoms. The van der Waals surface area contributed by atoms with Crippen molar-refractivity contribution in [3.05, 3.63) is 295 Å². The zero-order chi connectivity index (χ0) is 98.8. The van der Waals surface area contributed by atoms with Gasteiger partial charge < -0.3 is 48.8 Å². The molecule has 0 amide bonds. The largest absolute Gasteiger partial charge is 0.465 e. The molecule has 25 nitrogen and oxygen atoms in total. The standard InChI is InChI=1S/C27H30FN3O4.C27H29FN2O4.C26H32FN3O3.C25H26BrFN2O4/c1-6-14-34-26-30-23(7-2)24(16-29-33)31(26)17-19-13-12-18(15-22(19)28)20-10-8-9-11-21(20)25(32)35-27(3,4)5;1-6-14-33-26-29-23(7-2)24(17-31)30(26)16-19-13-12-18(15-22(19)28)20-10-8-9-11-21(20)25(32)34-27(3,4)5;1-6-22-23(15-28)30(25(29-22)32-7-2)16-18-13-12-17(14-21(18)27)19-10-8-9-11-20(19)24(31)33-26(3,4)5;1-5-12-32-24-28-22(26)21(15-30)29(24)14-17-11-10-16(13-20(17)27)18-8-6-7-9-19(18)23(31)33-25(2,3)4/h7-13,15-16,33H,2,6,14,17H2,1,3-5H3;7-13,15,17H,2,6,14,16H2,1,3-5H3;8-14H,6-7,15-16,28H2,1-5H3;6-11,13,15H,5,12,14H2,1-4H3/b29-16-;;;. The van der Waals surface area contributed by atoms with Crippen molar-refractivity contribution in [3.8, 4) is 68.5 Å². The van der Waals surface area contributed by atoms with Gasteiger partial charge in [0.05, 0.1) is 110 Å². The number of benzene rings is 8. The predicted octanol–water partition coefficient (Wildman–Crippen LogP) is 23.0. The number of aromatic nitrogens is 8. The van der Waals surface area contributed by atoms with Crippen molar-refractivity contribution in [1.29, 1.82) is 0 Å². The van der Waals surface area contributed by atoms with Crippen LogP contribution in [-0.4, -0.2) is 135 Å². The Bertz CT molecular complexity index is 6240. The maximum Gasteiger partial charge on any atom is 0.339 e. The first-order valence-corrected chi connectivity index (χ1v) is 45.0. The number of aldehydes is 2. The zero-order valence-corrected chi connectivity index (χ0v) is 80.9. The molecule has 8 aromatic carbocycles. The molecule has 0 radical (unpaired) electrons. The molecule has 0 atom stereocenters. The van der Waals surface area contributed by atoms with Gasteiger partial charge in [-0.05, 0) is 237 Å². The first-order chi connectivity index (χ1) is 64.2.